The summed E-state index contributed by atoms with van der Waals surface area (Å²) in [4.78, 5) is 24.7. The maximum absolute atomic E-state index is 12.6. The second-order valence-electron chi connectivity index (χ2n) is 6.84. The molecule has 0 aliphatic heterocycles. The predicted octanol–water partition coefficient (Wildman–Crippen LogP) is 3.17. The molecule has 134 valence electrons. The summed E-state index contributed by atoms with van der Waals surface area (Å²) >= 11 is 0. The maximum Gasteiger partial charge on any atom is 0.287 e. The number of hydrogen-bond donors (Lipinski definition) is 2. The van der Waals surface area contributed by atoms with Crippen molar-refractivity contribution >= 4 is 24.1 Å². The Kier molecular flexibility index (Phi) is 6.47. The van der Waals surface area contributed by atoms with Crippen LogP contribution in [0.2, 0.25) is 0 Å². The first-order valence-electron chi connectivity index (χ1n) is 8.78. The predicted molar refractivity (Wildman–Crippen MR) is 94.8 cm³/mol. The van der Waals surface area contributed by atoms with Gasteiger partial charge >= 0.3 is 0 Å². The summed E-state index contributed by atoms with van der Waals surface area (Å²) in [6.07, 6.45) is 8.00. The number of nitrogens with two attached hydrogens (primary N) is 1. The summed E-state index contributed by atoms with van der Waals surface area (Å²) in [5.41, 5.74) is 7.20. The van der Waals surface area contributed by atoms with Gasteiger partial charge in [-0.05, 0) is 32.1 Å². The molecule has 0 saturated heterocycles. The van der Waals surface area contributed by atoms with Crippen LogP contribution in [0.5, 0.6) is 0 Å². The number of nitrogens with one attached hydrogen (secondary N) is 1. The van der Waals surface area contributed by atoms with Gasteiger partial charge < -0.3 is 15.5 Å². The highest BCUT2D eigenvalue weighted by atomic mass is 35.5. The highest BCUT2D eigenvalue weighted by Gasteiger charge is 2.31. The zero-order chi connectivity index (χ0) is 16.4. The maximum atomic E-state index is 12.6. The van der Waals surface area contributed by atoms with Crippen LogP contribution in [-0.4, -0.2) is 24.3 Å². The number of amides is 1. The molecule has 6 heteroatoms. The van der Waals surface area contributed by atoms with Crippen molar-refractivity contribution in [3.63, 3.8) is 0 Å². The van der Waals surface area contributed by atoms with Gasteiger partial charge in [-0.3, -0.25) is 9.59 Å². The number of carbonyl (C=O) groups is 2. The minimum atomic E-state index is -0.231. The molecule has 2 aliphatic rings. The van der Waals surface area contributed by atoms with E-state index >= 15 is 0 Å². The van der Waals surface area contributed by atoms with Crippen molar-refractivity contribution < 1.29 is 14.0 Å². The smallest absolute Gasteiger partial charge is 0.287 e. The van der Waals surface area contributed by atoms with Crippen LogP contribution in [-0.2, 0) is 6.42 Å². The second-order valence-corrected chi connectivity index (χ2v) is 6.84. The van der Waals surface area contributed by atoms with Crippen LogP contribution < -0.4 is 11.1 Å². The van der Waals surface area contributed by atoms with Crippen LogP contribution in [0.1, 0.15) is 77.2 Å². The lowest BCUT2D eigenvalue weighted by molar-refractivity contribution is 0.0882. The Morgan fingerprint density at radius 2 is 1.96 bits per heavy atom. The number of fused-ring (bicyclic) bond motifs is 1. The van der Waals surface area contributed by atoms with E-state index in [1.165, 1.54) is 19.3 Å². The van der Waals surface area contributed by atoms with Gasteiger partial charge in [0.05, 0.1) is 5.56 Å². The molecule has 1 saturated carbocycles. The monoisotopic (exact) mass is 354 g/mol. The fourth-order valence-corrected chi connectivity index (χ4v) is 4.00. The summed E-state index contributed by atoms with van der Waals surface area (Å²) in [7, 11) is 0. The average molecular weight is 355 g/mol. The Hall–Kier alpha value is -1.33. The lowest BCUT2D eigenvalue weighted by Gasteiger charge is -2.29. The molecular formula is C18H27ClN2O3. The van der Waals surface area contributed by atoms with Crippen LogP contribution in [0.15, 0.2) is 4.42 Å². The molecule has 1 atom stereocenters. The number of halogens is 1. The van der Waals surface area contributed by atoms with Gasteiger partial charge in [0.2, 0.25) is 0 Å². The normalized spacial score (nSPS) is 19.3. The molecule has 2 aliphatic carbocycles. The molecule has 0 bridgehead atoms. The quantitative estimate of drug-likeness (QED) is 0.869. The van der Waals surface area contributed by atoms with E-state index in [2.05, 4.69) is 5.32 Å². The van der Waals surface area contributed by atoms with E-state index < -0.39 is 0 Å². The molecule has 3 rings (SSSR count). The number of carbonyl (C=O) groups excluding carboxylic acids is 2. The van der Waals surface area contributed by atoms with Gasteiger partial charge in [0, 0.05) is 31.0 Å². The summed E-state index contributed by atoms with van der Waals surface area (Å²) in [6.45, 7) is 2.24. The van der Waals surface area contributed by atoms with Crippen LogP contribution in [0.4, 0.5) is 0 Å². The van der Waals surface area contributed by atoms with Crippen LogP contribution in [0.3, 0.4) is 0 Å². The van der Waals surface area contributed by atoms with Gasteiger partial charge in [-0.25, -0.2) is 0 Å². The molecule has 24 heavy (non-hydrogen) atoms. The van der Waals surface area contributed by atoms with E-state index in [1.807, 2.05) is 0 Å². The number of furan rings is 1. The van der Waals surface area contributed by atoms with Gasteiger partial charge in [0.25, 0.3) is 5.91 Å². The highest BCUT2D eigenvalue weighted by Crippen LogP contribution is 2.30. The van der Waals surface area contributed by atoms with E-state index in [9.17, 15) is 9.59 Å². The standard InChI is InChI=1S/C18H26N2O3.ClH/c1-11-16-14(21)8-5-9-15(16)23-17(11)18(22)20-13(10-19)12-6-3-2-4-7-12;/h12-13H,2-10,19H2,1H3,(H,20,22);1H. The van der Waals surface area contributed by atoms with Crippen molar-refractivity contribution in [1.82, 2.24) is 5.32 Å². The number of aryl methyl sites for hydroxylation is 1. The van der Waals surface area contributed by atoms with Crippen LogP contribution in [0, 0.1) is 12.8 Å². The summed E-state index contributed by atoms with van der Waals surface area (Å²) in [6, 6.07) is -0.0139. The lowest BCUT2D eigenvalue weighted by Crippen LogP contribution is -2.46. The lowest BCUT2D eigenvalue weighted by atomic mass is 9.84. The second kappa shape index (κ2) is 8.17. The van der Waals surface area contributed by atoms with Crippen molar-refractivity contribution in [2.45, 2.75) is 64.3 Å². The zero-order valence-electron chi connectivity index (χ0n) is 14.2. The summed E-state index contributed by atoms with van der Waals surface area (Å²) < 4.78 is 5.73. The third-order valence-corrected chi connectivity index (χ3v) is 5.30. The van der Waals surface area contributed by atoms with E-state index in [4.69, 9.17) is 10.2 Å². The molecule has 0 aromatic carbocycles. The molecule has 5 nitrogen and oxygen atoms in total. The molecule has 1 fully saturated rings. The van der Waals surface area contributed by atoms with E-state index in [-0.39, 0.29) is 30.1 Å². The molecule has 1 heterocycles. The molecular weight excluding hydrogens is 328 g/mol. The van der Waals surface area contributed by atoms with Gasteiger partial charge in [0.15, 0.2) is 11.5 Å². The molecule has 1 unspecified atom stereocenters. The number of Topliss-reactive ketones (excluding diaryl/α,β-unsaturated/α-hetero) is 1. The van der Waals surface area contributed by atoms with Crippen molar-refractivity contribution in [2.75, 3.05) is 6.54 Å². The average Bonchev–Trinajstić information content (AvgIpc) is 2.91. The third-order valence-electron chi connectivity index (χ3n) is 5.30. The largest absolute Gasteiger partial charge is 0.455 e. The highest BCUT2D eigenvalue weighted by molar-refractivity contribution is 6.03. The topological polar surface area (TPSA) is 85.3 Å². The Balaban J connectivity index is 0.00000208. The minimum Gasteiger partial charge on any atom is -0.455 e. The first kappa shape index (κ1) is 19.0. The van der Waals surface area contributed by atoms with Crippen molar-refractivity contribution in [3.8, 4) is 0 Å². The summed E-state index contributed by atoms with van der Waals surface area (Å²) in [5.74, 6) is 1.27. The molecule has 1 aromatic rings. The van der Waals surface area contributed by atoms with Crippen molar-refractivity contribution in [1.29, 1.82) is 0 Å². The van der Waals surface area contributed by atoms with Gasteiger partial charge in [-0.1, -0.05) is 19.3 Å². The molecule has 1 aromatic heterocycles. The molecule has 0 spiro atoms. The Morgan fingerprint density at radius 3 is 2.58 bits per heavy atom. The number of hydrogen-bond acceptors (Lipinski definition) is 4. The first-order chi connectivity index (χ1) is 11.1. The van der Waals surface area contributed by atoms with Crippen molar-refractivity contribution in [3.05, 3.63) is 22.6 Å². The fraction of sp³-hybridized carbons (Fsp3) is 0.667. The number of ketones is 1. The Bertz CT molecular complexity index is 606. The number of rotatable bonds is 4. The molecule has 1 amide bonds. The van der Waals surface area contributed by atoms with Crippen LogP contribution in [0.25, 0.3) is 0 Å². The first-order valence-corrected chi connectivity index (χ1v) is 8.78. The van der Waals surface area contributed by atoms with E-state index in [1.54, 1.807) is 6.92 Å². The molecule has 3 N–H and O–H groups in total. The Morgan fingerprint density at radius 1 is 1.25 bits per heavy atom. The SMILES string of the molecule is Cc1c(C(=O)NC(CN)C2CCCCC2)oc2c1C(=O)CCC2.Cl. The van der Waals surface area contributed by atoms with Crippen molar-refractivity contribution in [2.24, 2.45) is 11.7 Å². The summed E-state index contributed by atoms with van der Waals surface area (Å²) in [5, 5.41) is 3.05. The Labute approximate surface area is 149 Å². The minimum absolute atomic E-state index is 0. The van der Waals surface area contributed by atoms with Gasteiger partial charge in [-0.15, -0.1) is 12.4 Å². The molecule has 0 radical (unpaired) electrons. The third kappa shape index (κ3) is 3.67. The van der Waals surface area contributed by atoms with E-state index in [0.29, 0.717) is 41.5 Å². The van der Waals surface area contributed by atoms with Crippen LogP contribution >= 0.6 is 12.4 Å². The zero-order valence-corrected chi connectivity index (χ0v) is 15.0. The fourth-order valence-electron chi connectivity index (χ4n) is 4.00. The van der Waals surface area contributed by atoms with E-state index in [0.717, 1.165) is 25.7 Å². The van der Waals surface area contributed by atoms with Gasteiger partial charge in [0.1, 0.15) is 5.76 Å². The van der Waals surface area contributed by atoms with Gasteiger partial charge in [-0.2, -0.15) is 0 Å².